The minimum absolute atomic E-state index is 0.0286. The lowest BCUT2D eigenvalue weighted by molar-refractivity contribution is -0.153. The number of halogens is 1. The van der Waals surface area contributed by atoms with E-state index in [1.807, 2.05) is 0 Å². The van der Waals surface area contributed by atoms with Crippen molar-refractivity contribution < 1.29 is 33.8 Å². The minimum Gasteiger partial charge on any atom is -0.480 e. The number of nitrogens with zero attached hydrogens (tertiary/aromatic N) is 1. The first-order chi connectivity index (χ1) is 10.7. The number of nitrogens with two attached hydrogens (primary N) is 2. The van der Waals surface area contributed by atoms with Crippen molar-refractivity contribution in [2.24, 2.45) is 11.5 Å². The number of alkyl halides is 1. The SMILES string of the molecule is N[C@@H](CCC(=O)N(CC(=O)O)C(=O)[C@@H](N)CSCCF)C(=O)O. The van der Waals surface area contributed by atoms with E-state index in [0.29, 0.717) is 4.90 Å². The standard InChI is InChI=1S/C12H20FN3O6S/c13-3-4-23-6-8(15)11(20)16(5-10(18)19)9(17)2-1-7(14)12(21)22/h7-8H,1-6,14-15H2,(H,18,19)(H,21,22)/t7-,8-/m0/s1. The van der Waals surface area contributed by atoms with Gasteiger partial charge in [0.25, 0.3) is 0 Å². The van der Waals surface area contributed by atoms with Crippen molar-refractivity contribution in [2.45, 2.75) is 24.9 Å². The molecule has 0 aliphatic carbocycles. The molecule has 0 unspecified atom stereocenters. The van der Waals surface area contributed by atoms with Crippen molar-refractivity contribution in [1.29, 1.82) is 0 Å². The Hall–Kier alpha value is -1.72. The summed E-state index contributed by atoms with van der Waals surface area (Å²) >= 11 is 1.06. The number of carboxylic acid groups (broad SMARTS) is 2. The number of aliphatic carboxylic acids is 2. The molecule has 6 N–H and O–H groups in total. The molecule has 23 heavy (non-hydrogen) atoms. The summed E-state index contributed by atoms with van der Waals surface area (Å²) < 4.78 is 12.0. The Kier molecular flexibility index (Phi) is 10.1. The molecule has 0 aliphatic rings. The molecule has 9 nitrogen and oxygen atoms in total. The quantitative estimate of drug-likeness (QED) is 0.329. The molecule has 0 bridgehead atoms. The summed E-state index contributed by atoms with van der Waals surface area (Å²) in [5, 5.41) is 17.4. The van der Waals surface area contributed by atoms with Gasteiger partial charge in [-0.2, -0.15) is 11.8 Å². The van der Waals surface area contributed by atoms with Gasteiger partial charge in [-0.05, 0) is 6.42 Å². The van der Waals surface area contributed by atoms with Crippen LogP contribution < -0.4 is 11.5 Å². The highest BCUT2D eigenvalue weighted by Gasteiger charge is 2.28. The van der Waals surface area contributed by atoms with Crippen LogP contribution in [-0.4, -0.2) is 75.7 Å². The monoisotopic (exact) mass is 353 g/mol. The van der Waals surface area contributed by atoms with E-state index < -0.39 is 55.5 Å². The molecule has 0 saturated carbocycles. The van der Waals surface area contributed by atoms with Gasteiger partial charge >= 0.3 is 11.9 Å². The van der Waals surface area contributed by atoms with Gasteiger partial charge in [0.1, 0.15) is 12.6 Å². The average Bonchev–Trinajstić information content (AvgIpc) is 2.48. The number of imide groups is 1. The van der Waals surface area contributed by atoms with Crippen LogP contribution in [0.2, 0.25) is 0 Å². The Morgan fingerprint density at radius 3 is 2.22 bits per heavy atom. The Morgan fingerprint density at radius 1 is 1.13 bits per heavy atom. The Morgan fingerprint density at radius 2 is 1.74 bits per heavy atom. The van der Waals surface area contributed by atoms with Crippen molar-refractivity contribution >= 4 is 35.5 Å². The van der Waals surface area contributed by atoms with Crippen LogP contribution in [0.15, 0.2) is 0 Å². The zero-order valence-corrected chi connectivity index (χ0v) is 13.1. The smallest absolute Gasteiger partial charge is 0.323 e. The number of hydrogen-bond donors (Lipinski definition) is 4. The van der Waals surface area contributed by atoms with Gasteiger partial charge in [0.05, 0.1) is 12.7 Å². The molecule has 0 spiro atoms. The summed E-state index contributed by atoms with van der Waals surface area (Å²) in [5.74, 6) is -4.36. The van der Waals surface area contributed by atoms with Gasteiger partial charge < -0.3 is 21.7 Å². The Balaban J connectivity index is 4.77. The molecular formula is C12H20FN3O6S. The van der Waals surface area contributed by atoms with Crippen molar-refractivity contribution in [3.63, 3.8) is 0 Å². The third kappa shape index (κ3) is 8.47. The van der Waals surface area contributed by atoms with E-state index in [0.717, 1.165) is 11.8 Å². The Labute approximate surface area is 136 Å². The highest BCUT2D eigenvalue weighted by atomic mass is 32.2. The lowest BCUT2D eigenvalue weighted by Crippen LogP contribution is -2.50. The van der Waals surface area contributed by atoms with Crippen LogP contribution in [0.1, 0.15) is 12.8 Å². The maximum absolute atomic E-state index is 12.1. The molecule has 0 rings (SSSR count). The second-order valence-electron chi connectivity index (χ2n) is 4.57. The molecular weight excluding hydrogens is 333 g/mol. The largest absolute Gasteiger partial charge is 0.480 e. The van der Waals surface area contributed by atoms with E-state index in [4.69, 9.17) is 21.7 Å². The fourth-order valence-corrected chi connectivity index (χ4v) is 2.17. The highest BCUT2D eigenvalue weighted by Crippen LogP contribution is 2.07. The fraction of sp³-hybridized carbons (Fsp3) is 0.667. The summed E-state index contributed by atoms with van der Waals surface area (Å²) in [4.78, 5) is 45.8. The van der Waals surface area contributed by atoms with Crippen molar-refractivity contribution in [3.05, 3.63) is 0 Å². The van der Waals surface area contributed by atoms with Gasteiger partial charge in [-0.15, -0.1) is 0 Å². The van der Waals surface area contributed by atoms with Gasteiger partial charge in [-0.25, -0.2) is 0 Å². The fourth-order valence-electron chi connectivity index (χ4n) is 1.50. The molecule has 0 aromatic carbocycles. The predicted molar refractivity (Wildman–Crippen MR) is 80.5 cm³/mol. The lowest BCUT2D eigenvalue weighted by atomic mass is 10.1. The summed E-state index contributed by atoms with van der Waals surface area (Å²) in [7, 11) is 0. The number of carboxylic acids is 2. The zero-order chi connectivity index (χ0) is 18.0. The number of carbonyl (C=O) groups excluding carboxylic acids is 2. The normalized spacial score (nSPS) is 13.2. The van der Waals surface area contributed by atoms with Crippen molar-refractivity contribution in [2.75, 3.05) is 24.7 Å². The molecule has 0 saturated heterocycles. The first kappa shape index (κ1) is 21.3. The number of rotatable bonds is 11. The summed E-state index contributed by atoms with van der Waals surface area (Å²) in [6.07, 6.45) is -0.653. The molecule has 11 heteroatoms. The average molecular weight is 353 g/mol. The van der Waals surface area contributed by atoms with Gasteiger partial charge in [0.15, 0.2) is 0 Å². The van der Waals surface area contributed by atoms with E-state index in [-0.39, 0.29) is 17.9 Å². The number of amides is 2. The van der Waals surface area contributed by atoms with Crippen molar-refractivity contribution in [1.82, 2.24) is 4.90 Å². The Bertz CT molecular complexity index is 451. The second kappa shape index (κ2) is 10.9. The molecule has 0 fully saturated rings. The molecule has 0 radical (unpaired) electrons. The van der Waals surface area contributed by atoms with E-state index in [9.17, 15) is 23.6 Å². The molecule has 0 aliphatic heterocycles. The van der Waals surface area contributed by atoms with Crippen LogP contribution >= 0.6 is 11.8 Å². The van der Waals surface area contributed by atoms with Crippen LogP contribution in [0.25, 0.3) is 0 Å². The van der Waals surface area contributed by atoms with E-state index >= 15 is 0 Å². The van der Waals surface area contributed by atoms with E-state index in [2.05, 4.69) is 0 Å². The molecule has 2 atom stereocenters. The number of carbonyl (C=O) groups is 4. The van der Waals surface area contributed by atoms with E-state index in [1.54, 1.807) is 0 Å². The first-order valence-corrected chi connectivity index (χ1v) is 7.79. The molecule has 0 aromatic rings. The van der Waals surface area contributed by atoms with Crippen LogP contribution in [0, 0.1) is 0 Å². The van der Waals surface area contributed by atoms with Gasteiger partial charge in [-0.1, -0.05) is 0 Å². The number of thioether (sulfide) groups is 1. The summed E-state index contributed by atoms with van der Waals surface area (Å²) in [6.45, 7) is -1.49. The minimum atomic E-state index is -1.42. The highest BCUT2D eigenvalue weighted by molar-refractivity contribution is 7.99. The lowest BCUT2D eigenvalue weighted by Gasteiger charge is -2.22. The predicted octanol–water partition coefficient (Wildman–Crippen LogP) is -1.35. The van der Waals surface area contributed by atoms with Crippen LogP contribution in [-0.2, 0) is 19.2 Å². The first-order valence-electron chi connectivity index (χ1n) is 6.64. The van der Waals surface area contributed by atoms with Crippen LogP contribution in [0.4, 0.5) is 4.39 Å². The number of hydrogen-bond acceptors (Lipinski definition) is 7. The molecule has 2 amide bonds. The topological polar surface area (TPSA) is 164 Å². The van der Waals surface area contributed by atoms with E-state index in [1.165, 1.54) is 0 Å². The van der Waals surface area contributed by atoms with Crippen molar-refractivity contribution in [3.8, 4) is 0 Å². The third-order valence-electron chi connectivity index (χ3n) is 2.68. The molecule has 0 aromatic heterocycles. The van der Waals surface area contributed by atoms with Crippen LogP contribution in [0.5, 0.6) is 0 Å². The van der Waals surface area contributed by atoms with Crippen LogP contribution in [0.3, 0.4) is 0 Å². The third-order valence-corrected chi connectivity index (χ3v) is 3.72. The van der Waals surface area contributed by atoms with Gasteiger partial charge in [0, 0.05) is 17.9 Å². The maximum atomic E-state index is 12.1. The summed E-state index contributed by atoms with van der Waals surface area (Å²) in [5.41, 5.74) is 10.8. The summed E-state index contributed by atoms with van der Waals surface area (Å²) in [6, 6.07) is -2.46. The molecule has 0 heterocycles. The second-order valence-corrected chi connectivity index (χ2v) is 5.72. The maximum Gasteiger partial charge on any atom is 0.323 e. The van der Waals surface area contributed by atoms with Gasteiger partial charge in [0.2, 0.25) is 11.8 Å². The van der Waals surface area contributed by atoms with Gasteiger partial charge in [-0.3, -0.25) is 28.5 Å². The zero-order valence-electron chi connectivity index (χ0n) is 12.3. The molecule has 132 valence electrons.